The monoisotopic (exact) mass is 616 g/mol. The fraction of sp³-hybridized carbons (Fsp3) is 0.344. The Bertz CT molecular complexity index is 1940. The number of fused-ring (bicyclic) bond motifs is 2. The number of alkyl halides is 3. The second kappa shape index (κ2) is 10.1. The van der Waals surface area contributed by atoms with Crippen LogP contribution in [0.4, 0.5) is 24.5 Å². The molecule has 3 fully saturated rings. The number of anilines is 2. The minimum absolute atomic E-state index is 0.0527. The highest BCUT2D eigenvalue weighted by atomic mass is 35.5. The van der Waals surface area contributed by atoms with Gasteiger partial charge in [-0.1, -0.05) is 35.0 Å². The molecule has 0 amide bonds. The number of rotatable bonds is 8. The van der Waals surface area contributed by atoms with Crippen molar-refractivity contribution in [3.8, 4) is 6.07 Å². The molecule has 0 unspecified atom stereocenters. The molecule has 3 aliphatic rings. The second-order valence-electron chi connectivity index (χ2n) is 12.5. The van der Waals surface area contributed by atoms with E-state index in [4.69, 9.17) is 11.6 Å². The first-order chi connectivity index (χ1) is 21.0. The molecule has 44 heavy (non-hydrogen) atoms. The van der Waals surface area contributed by atoms with E-state index in [0.29, 0.717) is 22.3 Å². The van der Waals surface area contributed by atoms with Crippen molar-refractivity contribution in [2.45, 2.75) is 50.9 Å². The number of nitrogens with zero attached hydrogens (tertiary/aromatic N) is 6. The first-order valence-electron chi connectivity index (χ1n) is 14.3. The Morgan fingerprint density at radius 1 is 1.11 bits per heavy atom. The number of hydrogen-bond donors (Lipinski definition) is 2. The number of nitriles is 1. The van der Waals surface area contributed by atoms with E-state index in [-0.39, 0.29) is 21.8 Å². The van der Waals surface area contributed by atoms with Crippen LogP contribution in [0.15, 0.2) is 61.1 Å². The lowest BCUT2D eigenvalue weighted by atomic mass is 9.50. The average Bonchev–Trinajstić information content (AvgIpc) is 3.41. The van der Waals surface area contributed by atoms with Gasteiger partial charge in [0.1, 0.15) is 11.8 Å². The van der Waals surface area contributed by atoms with E-state index in [2.05, 4.69) is 30.9 Å². The van der Waals surface area contributed by atoms with Crippen LogP contribution in [0.25, 0.3) is 21.8 Å². The van der Waals surface area contributed by atoms with E-state index in [0.717, 1.165) is 55.5 Å². The van der Waals surface area contributed by atoms with Crippen LogP contribution < -0.4 is 10.6 Å². The average molecular weight is 617 g/mol. The fourth-order valence-electron chi connectivity index (χ4n) is 6.24. The highest BCUT2D eigenvalue weighted by molar-refractivity contribution is 6.35. The summed E-state index contributed by atoms with van der Waals surface area (Å²) in [6, 6.07) is 14.8. The van der Waals surface area contributed by atoms with Crippen LogP contribution in [0.1, 0.15) is 56.0 Å². The van der Waals surface area contributed by atoms with Gasteiger partial charge in [-0.15, -0.1) is 5.10 Å². The molecule has 2 N–H and O–H groups in total. The number of hydrogen-bond acceptors (Lipinski definition) is 7. The summed E-state index contributed by atoms with van der Waals surface area (Å²) in [7, 11) is 0. The van der Waals surface area contributed by atoms with E-state index < -0.39 is 24.2 Å². The Morgan fingerprint density at radius 2 is 1.91 bits per heavy atom. The number of pyridine rings is 2. The molecule has 0 spiro atoms. The second-order valence-corrected chi connectivity index (χ2v) is 12.9. The summed E-state index contributed by atoms with van der Waals surface area (Å²) in [5.41, 5.74) is 1.74. The topological polar surface area (TPSA) is 104 Å². The van der Waals surface area contributed by atoms with Gasteiger partial charge in [0.25, 0.3) is 0 Å². The minimum atomic E-state index is -4.45. The van der Waals surface area contributed by atoms with Crippen molar-refractivity contribution in [2.75, 3.05) is 17.2 Å². The molecule has 3 heterocycles. The van der Waals surface area contributed by atoms with Crippen molar-refractivity contribution in [3.63, 3.8) is 0 Å². The fourth-order valence-corrected chi connectivity index (χ4v) is 6.51. The summed E-state index contributed by atoms with van der Waals surface area (Å²) in [6.07, 6.45) is 3.94. The molecule has 3 saturated carbocycles. The van der Waals surface area contributed by atoms with Gasteiger partial charge >= 0.3 is 6.18 Å². The van der Waals surface area contributed by atoms with Gasteiger partial charge in [0.2, 0.25) is 0 Å². The quantitative estimate of drug-likeness (QED) is 0.185. The maximum Gasteiger partial charge on any atom is 0.395 e. The molecule has 0 radical (unpaired) electrons. The SMILES string of the molecule is CC(C)(CNc1c(C#N)cnc2c(Cl)cc(N[C@H](c3cn(C45CC(C4)C5)nn3)c3cccc4ncccc34)cc12)C(F)(F)F. The van der Waals surface area contributed by atoms with Gasteiger partial charge in [-0.3, -0.25) is 9.97 Å². The summed E-state index contributed by atoms with van der Waals surface area (Å²) in [5, 5.41) is 27.0. The molecule has 0 saturated heterocycles. The molecular formula is C32H28ClF3N8. The summed E-state index contributed by atoms with van der Waals surface area (Å²) < 4.78 is 43.0. The summed E-state index contributed by atoms with van der Waals surface area (Å²) in [4.78, 5) is 8.88. The van der Waals surface area contributed by atoms with Crippen LogP contribution in [0.3, 0.4) is 0 Å². The molecule has 1 atom stereocenters. The van der Waals surface area contributed by atoms with Gasteiger partial charge in [0.15, 0.2) is 0 Å². The summed E-state index contributed by atoms with van der Waals surface area (Å²) in [5.74, 6) is 0.775. The van der Waals surface area contributed by atoms with Crippen molar-refractivity contribution in [3.05, 3.63) is 82.9 Å². The standard InChI is InChI=1S/C32H28ClF3N8/c1-30(2,32(34,35)36)17-40-27-19(14-37)15-39-28-23(27)9-20(10-24(28)33)41-29(22-5-3-7-25-21(22)6-4-8-38-25)26-16-44(43-42-26)31-11-18(12-31)13-31/h3-10,15-16,18,29,41H,11-13,17H2,1-2H3,(H,39,40)/t18?,29-,31?/m0/s1. The maximum atomic E-state index is 13.7. The lowest BCUT2D eigenvalue weighted by Crippen LogP contribution is -2.59. The van der Waals surface area contributed by atoms with Crippen LogP contribution in [-0.4, -0.2) is 37.7 Å². The number of halogens is 4. The lowest BCUT2D eigenvalue weighted by Gasteiger charge is -2.61. The van der Waals surface area contributed by atoms with Crippen LogP contribution in [-0.2, 0) is 5.54 Å². The highest BCUT2D eigenvalue weighted by Crippen LogP contribution is 2.62. The van der Waals surface area contributed by atoms with Crippen molar-refractivity contribution in [1.29, 1.82) is 5.26 Å². The predicted molar refractivity (Wildman–Crippen MR) is 162 cm³/mol. The van der Waals surface area contributed by atoms with Gasteiger partial charge in [-0.25, -0.2) is 4.68 Å². The third-order valence-corrected chi connectivity index (χ3v) is 9.41. The minimum Gasteiger partial charge on any atom is -0.382 e. The summed E-state index contributed by atoms with van der Waals surface area (Å²) >= 11 is 6.72. The zero-order valence-corrected chi connectivity index (χ0v) is 24.7. The van der Waals surface area contributed by atoms with Crippen molar-refractivity contribution >= 4 is 44.8 Å². The Kier molecular flexibility index (Phi) is 6.48. The van der Waals surface area contributed by atoms with Crippen LogP contribution in [0, 0.1) is 22.7 Å². The molecule has 8 rings (SSSR count). The Morgan fingerprint density at radius 3 is 2.61 bits per heavy atom. The molecule has 224 valence electrons. The first kappa shape index (κ1) is 28.3. The zero-order valence-electron chi connectivity index (χ0n) is 24.0. The van der Waals surface area contributed by atoms with Crippen molar-refractivity contribution in [1.82, 2.24) is 25.0 Å². The van der Waals surface area contributed by atoms with E-state index in [1.165, 1.54) is 6.20 Å². The summed E-state index contributed by atoms with van der Waals surface area (Å²) in [6.45, 7) is 1.77. The number of benzene rings is 2. The predicted octanol–water partition coefficient (Wildman–Crippen LogP) is 7.61. The zero-order chi connectivity index (χ0) is 30.9. The Balaban J connectivity index is 1.32. The molecular weight excluding hydrogens is 589 g/mol. The van der Waals surface area contributed by atoms with Gasteiger partial charge in [-0.2, -0.15) is 18.4 Å². The molecule has 3 aliphatic carbocycles. The normalized spacial score (nSPS) is 20.1. The Hall–Kier alpha value is -4.43. The first-order valence-corrected chi connectivity index (χ1v) is 14.7. The number of aromatic nitrogens is 5. The number of nitrogens with one attached hydrogen (secondary N) is 2. The van der Waals surface area contributed by atoms with Crippen molar-refractivity contribution in [2.24, 2.45) is 11.3 Å². The third kappa shape index (κ3) is 4.59. The molecule has 3 aromatic heterocycles. The maximum absolute atomic E-state index is 13.7. The molecule has 2 bridgehead atoms. The van der Waals surface area contributed by atoms with E-state index in [1.807, 2.05) is 47.3 Å². The molecule has 12 heteroatoms. The van der Waals surface area contributed by atoms with Crippen LogP contribution in [0.5, 0.6) is 0 Å². The van der Waals surface area contributed by atoms with Crippen LogP contribution in [0.2, 0.25) is 5.02 Å². The highest BCUT2D eigenvalue weighted by Gasteiger charge is 2.59. The molecule has 0 aliphatic heterocycles. The van der Waals surface area contributed by atoms with Gasteiger partial charge in [0.05, 0.1) is 50.5 Å². The lowest BCUT2D eigenvalue weighted by molar-refractivity contribution is -0.206. The Labute approximate surface area is 256 Å². The molecule has 2 aromatic carbocycles. The largest absolute Gasteiger partial charge is 0.395 e. The smallest absolute Gasteiger partial charge is 0.382 e. The van der Waals surface area contributed by atoms with Crippen LogP contribution >= 0.6 is 11.6 Å². The van der Waals surface area contributed by atoms with E-state index in [1.54, 1.807) is 18.3 Å². The van der Waals surface area contributed by atoms with Crippen molar-refractivity contribution < 1.29 is 13.2 Å². The van der Waals surface area contributed by atoms with E-state index >= 15 is 0 Å². The third-order valence-electron chi connectivity index (χ3n) is 9.12. The van der Waals surface area contributed by atoms with Gasteiger partial charge < -0.3 is 10.6 Å². The van der Waals surface area contributed by atoms with Gasteiger partial charge in [0, 0.05) is 35.4 Å². The van der Waals surface area contributed by atoms with Gasteiger partial charge in [-0.05, 0) is 68.9 Å². The van der Waals surface area contributed by atoms with E-state index in [9.17, 15) is 18.4 Å². The molecule has 5 aromatic rings. The molecule has 8 nitrogen and oxygen atoms in total.